The fourth-order valence-electron chi connectivity index (χ4n) is 4.50. The summed E-state index contributed by atoms with van der Waals surface area (Å²) >= 11 is 3.40. The summed E-state index contributed by atoms with van der Waals surface area (Å²) < 4.78 is 5.94. The van der Waals surface area contributed by atoms with Gasteiger partial charge in [-0.3, -0.25) is 24.1 Å². The van der Waals surface area contributed by atoms with E-state index in [1.54, 1.807) is 78.9 Å². The first kappa shape index (κ1) is 30.5. The molecule has 2 N–H and O–H groups in total. The van der Waals surface area contributed by atoms with Crippen molar-refractivity contribution in [3.63, 3.8) is 0 Å². The molecule has 0 aliphatic carbocycles. The first-order valence-electron chi connectivity index (χ1n) is 12.6. The fourth-order valence-corrected chi connectivity index (χ4v) is 5.55. The molecule has 0 bridgehead atoms. The summed E-state index contributed by atoms with van der Waals surface area (Å²) in [6.07, 6.45) is -0.846. The summed E-state index contributed by atoms with van der Waals surface area (Å²) in [7, 11) is 0. The van der Waals surface area contributed by atoms with E-state index >= 15 is 0 Å². The van der Waals surface area contributed by atoms with Crippen LogP contribution in [-0.2, 0) is 28.7 Å². The van der Waals surface area contributed by atoms with Gasteiger partial charge in [-0.25, -0.2) is 4.79 Å². The van der Waals surface area contributed by atoms with E-state index in [1.807, 2.05) is 12.1 Å². The Morgan fingerprint density at radius 2 is 1.45 bits per heavy atom. The van der Waals surface area contributed by atoms with Crippen LogP contribution in [0.1, 0.15) is 28.7 Å². The van der Waals surface area contributed by atoms with E-state index < -0.39 is 58.6 Å². The smallest absolute Gasteiger partial charge is 0.351 e. The third-order valence-corrected chi connectivity index (χ3v) is 7.82. The lowest BCUT2D eigenvalue weighted by atomic mass is 9.96. The molecule has 12 heteroatoms. The van der Waals surface area contributed by atoms with Crippen molar-refractivity contribution in [2.45, 2.75) is 23.4 Å². The Hall–Kier alpha value is -4.42. The van der Waals surface area contributed by atoms with Crippen molar-refractivity contribution in [3.05, 3.63) is 119 Å². The number of benzene rings is 3. The van der Waals surface area contributed by atoms with Crippen molar-refractivity contribution in [3.8, 4) is 0 Å². The highest BCUT2D eigenvalue weighted by atomic mass is 79.9. The quantitative estimate of drug-likeness (QED) is 0.0572. The maximum absolute atomic E-state index is 13.7. The highest BCUT2D eigenvalue weighted by molar-refractivity contribution is 9.09. The molecule has 0 saturated carbocycles. The third-order valence-electron chi connectivity index (χ3n) is 6.43. The monoisotopic (exact) mass is 651 g/mol. The molecular weight excluding hydrogens is 628 g/mol. The lowest BCUT2D eigenvalue weighted by Crippen LogP contribution is -2.70. The van der Waals surface area contributed by atoms with Crippen LogP contribution in [0.15, 0.2) is 102 Å². The van der Waals surface area contributed by atoms with Gasteiger partial charge in [-0.1, -0.05) is 124 Å². The van der Waals surface area contributed by atoms with E-state index in [9.17, 15) is 34.2 Å². The van der Waals surface area contributed by atoms with Crippen LogP contribution >= 0.6 is 27.7 Å². The molecule has 1 aliphatic heterocycles. The van der Waals surface area contributed by atoms with Gasteiger partial charge in [-0.2, -0.15) is 0 Å². The molecule has 42 heavy (non-hydrogen) atoms. The van der Waals surface area contributed by atoms with E-state index in [0.29, 0.717) is 33.4 Å². The molecule has 216 valence electrons. The number of ether oxygens (including phenoxy) is 1. The Morgan fingerprint density at radius 1 is 0.952 bits per heavy atom. The molecule has 0 aromatic heterocycles. The number of thioether (sulfide) groups is 1. The average Bonchev–Trinajstić information content (AvgIpc) is 3.01. The van der Waals surface area contributed by atoms with E-state index in [-0.39, 0.29) is 10.9 Å². The van der Waals surface area contributed by atoms with Crippen LogP contribution in [0.4, 0.5) is 0 Å². The van der Waals surface area contributed by atoms with Crippen molar-refractivity contribution < 1.29 is 38.9 Å². The number of amides is 2. The number of carbonyl (C=O) groups is 5. The number of aliphatic carboxylic acids is 1. The summed E-state index contributed by atoms with van der Waals surface area (Å²) in [5.41, 5.74) is 1.16. The number of nitrogens with one attached hydrogen (secondary N) is 1. The van der Waals surface area contributed by atoms with Crippen molar-refractivity contribution in [1.29, 1.82) is 0 Å². The van der Waals surface area contributed by atoms with Crippen molar-refractivity contribution in [2.24, 2.45) is 0 Å². The minimum Gasteiger partial charge on any atom is -0.873 e. The predicted molar refractivity (Wildman–Crippen MR) is 155 cm³/mol. The normalized spacial score (nSPS) is 17.5. The van der Waals surface area contributed by atoms with E-state index in [2.05, 4.69) is 21.2 Å². The molecule has 1 saturated heterocycles. The van der Waals surface area contributed by atoms with Gasteiger partial charge in [0.1, 0.15) is 17.1 Å². The number of rotatable bonds is 12. The van der Waals surface area contributed by atoms with Crippen LogP contribution in [-0.4, -0.2) is 56.1 Å². The van der Waals surface area contributed by atoms with Crippen molar-refractivity contribution in [1.82, 2.24) is 10.2 Å². The highest BCUT2D eigenvalue weighted by Gasteiger charge is 2.52. The Balaban J connectivity index is 1.64. The van der Waals surface area contributed by atoms with Gasteiger partial charge in [0.15, 0.2) is 17.6 Å². The molecule has 10 nitrogen and oxygen atoms in total. The highest BCUT2D eigenvalue weighted by Crippen LogP contribution is 2.35. The van der Waals surface area contributed by atoms with Crippen LogP contribution in [0, 0.1) is 0 Å². The number of allylic oxidation sites excluding steroid dienone is 1. The topological polar surface area (TPSA) is 153 Å². The molecule has 1 fully saturated rings. The molecule has 3 unspecified atom stereocenters. The average molecular weight is 652 g/mol. The van der Waals surface area contributed by atoms with Gasteiger partial charge in [0, 0.05) is 5.33 Å². The number of nitrogens with zero attached hydrogens (tertiary/aromatic N) is 1. The molecule has 3 atom stereocenters. The molecule has 0 radical (unpaired) electrons. The number of hydrogen-bond acceptors (Lipinski definition) is 8. The largest absolute Gasteiger partial charge is 0.873 e. The molecule has 4 rings (SSSR count). The predicted octanol–water partition coefficient (Wildman–Crippen LogP) is 2.73. The number of alkyl halides is 1. The first-order chi connectivity index (χ1) is 20.3. The van der Waals surface area contributed by atoms with Crippen LogP contribution in [0.5, 0.6) is 0 Å². The SMILES string of the molecule is O=CSC1C(NC(=O)C(C(=O)OC(c2ccccc2)c2ccccc2)c2ccccc2)C(=O)N1C(C(=O)O)=C([O-])CBr. The Bertz CT molecular complexity index is 1450. The Labute approximate surface area is 253 Å². The van der Waals surface area contributed by atoms with Gasteiger partial charge in [0.2, 0.25) is 5.91 Å². The number of carboxylic acid groups (broad SMARTS) is 1. The summed E-state index contributed by atoms with van der Waals surface area (Å²) in [4.78, 5) is 64.2. The van der Waals surface area contributed by atoms with Gasteiger partial charge in [-0.15, -0.1) is 0 Å². The number of carboxylic acids is 1. The fraction of sp³-hybridized carbons (Fsp3) is 0.167. The van der Waals surface area contributed by atoms with Gasteiger partial charge >= 0.3 is 11.9 Å². The second kappa shape index (κ2) is 14.0. The standard InChI is InChI=1S/C30H25BrN2O8S/c31-16-21(35)24(29(38)39)33-27(37)23(28(33)42-17-34)32-26(36)22(18-10-4-1-5-11-18)30(40)41-25(19-12-6-2-7-13-19)20-14-8-3-9-15-20/h1-15,17,22-23,25,28,35H,16H2,(H,32,36)(H,38,39)/p-1. The van der Waals surface area contributed by atoms with E-state index in [4.69, 9.17) is 4.74 Å². The minimum atomic E-state index is -1.66. The van der Waals surface area contributed by atoms with E-state index in [0.717, 1.165) is 0 Å². The zero-order valence-corrected chi connectivity index (χ0v) is 24.2. The molecule has 3 aromatic rings. The maximum atomic E-state index is 13.7. The first-order valence-corrected chi connectivity index (χ1v) is 14.6. The summed E-state index contributed by atoms with van der Waals surface area (Å²) in [5.74, 6) is -6.78. The lowest BCUT2D eigenvalue weighted by Gasteiger charge is -2.47. The second-order valence-corrected chi connectivity index (χ2v) is 10.5. The van der Waals surface area contributed by atoms with E-state index in [1.165, 1.54) is 0 Å². The second-order valence-electron chi connectivity index (χ2n) is 9.01. The number of β-lactam (4-membered cyclic amide) rings is 1. The molecule has 1 aliphatic rings. The van der Waals surface area contributed by atoms with Gasteiger partial charge in [0.25, 0.3) is 5.91 Å². The minimum absolute atomic E-state index is 0.287. The van der Waals surface area contributed by atoms with Crippen LogP contribution in [0.3, 0.4) is 0 Å². The van der Waals surface area contributed by atoms with Gasteiger partial charge < -0.3 is 20.3 Å². The number of esters is 1. The number of carbonyl (C=O) groups excluding carboxylic acids is 4. The summed E-state index contributed by atoms with van der Waals surface area (Å²) in [5, 5.41) is 22.6. The van der Waals surface area contributed by atoms with Crippen LogP contribution in [0.2, 0.25) is 0 Å². The Kier molecular flexibility index (Phi) is 10.2. The van der Waals surface area contributed by atoms with Crippen LogP contribution in [0.25, 0.3) is 0 Å². The van der Waals surface area contributed by atoms with Crippen molar-refractivity contribution in [2.75, 3.05) is 5.33 Å². The summed E-state index contributed by atoms with van der Waals surface area (Å²) in [6, 6.07) is 24.7. The molecule has 3 aromatic carbocycles. The Morgan fingerprint density at radius 3 is 1.90 bits per heavy atom. The van der Waals surface area contributed by atoms with Crippen LogP contribution < -0.4 is 10.4 Å². The lowest BCUT2D eigenvalue weighted by molar-refractivity contribution is -0.303. The number of likely N-dealkylation sites (tertiary alicyclic amines) is 1. The number of hydrogen-bond donors (Lipinski definition) is 2. The van der Waals surface area contributed by atoms with Gasteiger partial charge in [0.05, 0.1) is 0 Å². The number of halogens is 1. The molecule has 2 amide bonds. The summed E-state index contributed by atoms with van der Waals surface area (Å²) in [6.45, 7) is 0. The third kappa shape index (κ3) is 6.55. The zero-order valence-electron chi connectivity index (χ0n) is 21.8. The van der Waals surface area contributed by atoms with Crippen molar-refractivity contribution >= 4 is 57.1 Å². The molecule has 0 spiro atoms. The molecule has 1 heterocycles. The zero-order chi connectivity index (χ0) is 30.2. The maximum Gasteiger partial charge on any atom is 0.351 e. The van der Waals surface area contributed by atoms with Gasteiger partial charge in [-0.05, 0) is 16.7 Å². The molecular formula is C30H24BrN2O8S-.